The van der Waals surface area contributed by atoms with E-state index in [1.54, 1.807) is 60.8 Å². The van der Waals surface area contributed by atoms with E-state index >= 15 is 0 Å². The number of aliphatic imine (C=N–C) groups is 1. The number of hydrogen-bond donors (Lipinski definition) is 3. The Morgan fingerprint density at radius 2 is 1.10 bits per heavy atom. The van der Waals surface area contributed by atoms with Crippen LogP contribution in [0.3, 0.4) is 0 Å². The maximum absolute atomic E-state index is 11.2. The van der Waals surface area contributed by atoms with E-state index in [9.17, 15) is 40.3 Å². The first-order valence-corrected chi connectivity index (χ1v) is 28.6. The average Bonchev–Trinajstić information content (AvgIpc) is 2.90. The predicted octanol–water partition coefficient (Wildman–Crippen LogP) is 2.93. The van der Waals surface area contributed by atoms with Gasteiger partial charge in [0, 0.05) is 99.1 Å². The zero-order chi connectivity index (χ0) is 61.5. The van der Waals surface area contributed by atoms with Gasteiger partial charge >= 0.3 is 109 Å². The number of anilines is 2. The van der Waals surface area contributed by atoms with E-state index in [0.717, 1.165) is 32.7 Å². The number of aromatic nitrogens is 5. The zero-order valence-corrected chi connectivity index (χ0v) is 54.4. The van der Waals surface area contributed by atoms with Gasteiger partial charge in [0.05, 0.1) is 47.9 Å². The van der Waals surface area contributed by atoms with Crippen molar-refractivity contribution in [2.45, 2.75) is 25.7 Å². The first-order chi connectivity index (χ1) is 40.1. The van der Waals surface area contributed by atoms with Crippen LogP contribution in [-0.4, -0.2) is 77.2 Å². The molecule has 5 aromatic carbocycles. The van der Waals surface area contributed by atoms with E-state index in [1.165, 1.54) is 72.6 Å². The fourth-order valence-corrected chi connectivity index (χ4v) is 7.87. The Morgan fingerprint density at radius 3 is 1.57 bits per heavy atom. The van der Waals surface area contributed by atoms with Crippen LogP contribution in [0.1, 0.15) is 18.5 Å². The Labute approximate surface area is 580 Å². The van der Waals surface area contributed by atoms with E-state index in [2.05, 4.69) is 35.5 Å². The molecule has 1 aliphatic heterocycles. The molecule has 6 heterocycles. The number of carbonyl (C=O) groups is 2. The number of thioether (sulfide) groups is 1. The number of carbonyl (C=O) groups excluding carboxylic acids is 1. The number of nitrogens with zero attached hydrogens (tertiary/aromatic N) is 12. The fraction of sp³-hybridized carbons (Fsp3) is 0.0893. The molecular formula is C56H46K2N14O12SSi. The van der Waals surface area contributed by atoms with Crippen molar-refractivity contribution in [3.05, 3.63) is 217 Å². The molecule has 424 valence electrons. The van der Waals surface area contributed by atoms with E-state index in [0.29, 0.717) is 65.8 Å². The third-order valence-electron chi connectivity index (χ3n) is 10.8. The second-order valence-corrected chi connectivity index (χ2v) is 23.7. The number of non-ortho nitro benzene ring substituents is 3. The number of nitrogen functional groups attached to an aromatic ring is 2. The largest absolute Gasteiger partial charge is 1.00 e. The molecule has 0 bridgehead atoms. The van der Waals surface area contributed by atoms with E-state index in [1.807, 2.05) is 74.2 Å². The molecule has 0 aliphatic carbocycles. The number of nitro benzene ring substituents is 3. The maximum Gasteiger partial charge on any atom is 1.00 e. The van der Waals surface area contributed by atoms with Crippen LogP contribution in [0.15, 0.2) is 169 Å². The van der Waals surface area contributed by atoms with Crippen molar-refractivity contribution in [3.8, 4) is 17.8 Å². The van der Waals surface area contributed by atoms with Gasteiger partial charge in [0.1, 0.15) is 28.6 Å². The topological polar surface area (TPSA) is 430 Å². The molecule has 5 aromatic heterocycles. The van der Waals surface area contributed by atoms with Crippen molar-refractivity contribution in [1.82, 2.24) is 19.9 Å². The summed E-state index contributed by atoms with van der Waals surface area (Å²) in [6.07, 6.45) is 3.02. The van der Waals surface area contributed by atoms with Crippen molar-refractivity contribution in [3.63, 3.8) is 0 Å². The van der Waals surface area contributed by atoms with Crippen LogP contribution in [0.2, 0.25) is 19.6 Å². The van der Waals surface area contributed by atoms with Gasteiger partial charge in [-0.25, -0.2) is 25.0 Å². The van der Waals surface area contributed by atoms with E-state index < -0.39 is 34.9 Å². The summed E-state index contributed by atoms with van der Waals surface area (Å²) >= 11 is 1.43. The number of aliphatic carboxylic acids is 1. The van der Waals surface area contributed by atoms with Gasteiger partial charge in [0.2, 0.25) is 5.52 Å². The molecule has 1 aliphatic rings. The van der Waals surface area contributed by atoms with Gasteiger partial charge in [-0.05, 0) is 91.0 Å². The van der Waals surface area contributed by atoms with Gasteiger partial charge in [0.25, 0.3) is 23.5 Å². The molecule has 1 atom stereocenters. The average molecular weight is 1250 g/mol. The summed E-state index contributed by atoms with van der Waals surface area (Å²) in [5.41, 5.74) is 19.9. The Bertz CT molecular complexity index is 4270. The number of pyridine rings is 5. The van der Waals surface area contributed by atoms with Gasteiger partial charge < -0.3 is 33.4 Å². The Hall–Kier alpha value is -8.37. The maximum atomic E-state index is 11.2. The number of nitrogens with two attached hydrogens (primary N) is 2. The van der Waals surface area contributed by atoms with Crippen LogP contribution < -0.4 is 124 Å². The van der Waals surface area contributed by atoms with Crippen LogP contribution in [0, 0.1) is 69.2 Å². The summed E-state index contributed by atoms with van der Waals surface area (Å²) < 4.78 is 0.680. The number of rotatable bonds is 6. The Morgan fingerprint density at radius 1 is 0.674 bits per heavy atom. The number of fused-ring (bicyclic) bond motifs is 5. The summed E-state index contributed by atoms with van der Waals surface area (Å²) in [5.74, 6) is -0.428. The molecule has 10 aromatic rings. The second-order valence-electron chi connectivity index (χ2n) is 18.0. The van der Waals surface area contributed by atoms with Crippen LogP contribution in [0.5, 0.6) is 0 Å². The molecule has 0 amide bonds. The zero-order valence-electron chi connectivity index (χ0n) is 47.3. The molecule has 0 saturated heterocycles. The van der Waals surface area contributed by atoms with Crippen molar-refractivity contribution in [2.24, 2.45) is 4.99 Å². The van der Waals surface area contributed by atoms with E-state index in [4.69, 9.17) is 42.4 Å². The van der Waals surface area contributed by atoms with E-state index in [-0.39, 0.29) is 128 Å². The molecule has 0 unspecified atom stereocenters. The van der Waals surface area contributed by atoms with Crippen LogP contribution in [-0.2, 0) is 14.5 Å². The smallest absolute Gasteiger partial charge is 1.00 e. The van der Waals surface area contributed by atoms with Gasteiger partial charge in [-0.3, -0.25) is 45.1 Å². The van der Waals surface area contributed by atoms with Crippen molar-refractivity contribution < 1.29 is 149 Å². The van der Waals surface area contributed by atoms with Crippen molar-refractivity contribution in [2.75, 3.05) is 17.2 Å². The van der Waals surface area contributed by atoms with Gasteiger partial charge in [0.15, 0.2) is 20.3 Å². The minimum atomic E-state index is -1.33. The molecule has 0 fully saturated rings. The molecule has 0 saturated carbocycles. The summed E-state index contributed by atoms with van der Waals surface area (Å²) in [6, 6.07) is 44.5. The quantitative estimate of drug-likeness (QED) is 0.0315. The van der Waals surface area contributed by atoms with Crippen molar-refractivity contribution >= 4 is 120 Å². The normalized spacial score (nSPS) is 11.5. The number of hydrogen-bond acceptors (Lipinski definition) is 22. The molecule has 30 heteroatoms. The number of carboxylic acids is 1. The standard InChI is InChI=1S/C13H11N3O2S.C10H5N3O2.C10H7N3.C9H6N2O3.C9H6N2O2.C4H9NSi.CH2O3.2K.H/c14-8-2-4-9-7(5-8)1-3-10(15-9)12-16-11(6-19-12)13(17)18;11-6-8-2-1-7-5-9(13(14)15)3-4-10(7)12-8;11-6-9-3-1-7-5-8(12)2-4-10(7)13-9;12-10-5-1-2-7-6-8(11(13)14)3-4-9(7)10;12-11(13)8-3-4-9-7(6-8)2-1-5-10-9;1-6(2,3)4-5;2-1-4-3;;;/h1-5,11H,6,14H2,(H,17,18);1-5H;1-5H,12H2;1-6H;1-6H;1-3H3;1,3H;;;/q;;;;;;;2*+1;-1/p-1/t11-;;;;;;;;;/m1........./s1. The molecule has 5 N–H and O–H groups in total. The van der Waals surface area contributed by atoms with Gasteiger partial charge in [-0.2, -0.15) is 15.3 Å². The van der Waals surface area contributed by atoms with Crippen molar-refractivity contribution in [1.29, 1.82) is 15.8 Å². The van der Waals surface area contributed by atoms with Gasteiger partial charge in [-0.1, -0.05) is 31.8 Å². The third kappa shape index (κ3) is 22.2. The van der Waals surface area contributed by atoms with Crippen LogP contribution in [0.4, 0.5) is 28.4 Å². The SMILES string of the molecule is C[Si](C)(C)C#N.N#Cc1ccc2cc(N)ccc2n1.N#Cc1ccc2cc([N+](=O)[O-])ccc2n1.Nc1ccc2nc(C3=N[C@@H](C(=O)O)CS3)ccc2c1.O=CO[O-].O=[N+]([O-])c1ccc2c(ccc[n+]2[O-])c1.O=[N+]([O-])c1ccc2ncccc2c1.[H-].[K+].[K+]. The summed E-state index contributed by atoms with van der Waals surface area (Å²) in [5, 5.41) is 90.0. The third-order valence-corrected chi connectivity index (χ3v) is 12.6. The Balaban J connectivity index is 0.000000356. The number of nitro groups is 3. The second kappa shape index (κ2) is 35.2. The molecular weight excluding hydrogens is 1200 g/mol. The molecule has 26 nitrogen and oxygen atoms in total. The summed E-state index contributed by atoms with van der Waals surface area (Å²) in [7, 11) is -1.33. The van der Waals surface area contributed by atoms with Gasteiger partial charge in [-0.15, -0.1) is 11.8 Å². The first-order valence-electron chi connectivity index (χ1n) is 24.1. The number of benzene rings is 5. The predicted molar refractivity (Wildman–Crippen MR) is 316 cm³/mol. The monoisotopic (exact) mass is 1240 g/mol. The number of carboxylic acid groups (broad SMARTS) is 1. The molecule has 86 heavy (non-hydrogen) atoms. The number of nitriles is 3. The minimum absolute atomic E-state index is 0. The molecule has 0 radical (unpaired) electrons. The first kappa shape index (κ1) is 71.9. The fourth-order valence-electron chi connectivity index (χ4n) is 6.87. The molecule has 11 rings (SSSR count). The minimum Gasteiger partial charge on any atom is -1.00 e. The summed E-state index contributed by atoms with van der Waals surface area (Å²) in [6.45, 7) is 5.88. The molecule has 0 spiro atoms. The summed E-state index contributed by atoms with van der Waals surface area (Å²) in [4.78, 5) is 73.0. The van der Waals surface area contributed by atoms with Crippen LogP contribution in [0.25, 0.3) is 54.5 Å². The Kier molecular flexibility index (Phi) is 29.4. The van der Waals surface area contributed by atoms with Crippen LogP contribution >= 0.6 is 11.8 Å².